The lowest BCUT2D eigenvalue weighted by atomic mass is 9.94. The highest BCUT2D eigenvalue weighted by Crippen LogP contribution is 2.27. The Kier molecular flexibility index (Phi) is 6.36. The van der Waals surface area contributed by atoms with Crippen LogP contribution in [0.5, 0.6) is 5.75 Å². The Labute approximate surface area is 118 Å². The van der Waals surface area contributed by atoms with E-state index < -0.39 is 0 Å². The quantitative estimate of drug-likeness (QED) is 0.806. The molecule has 0 amide bonds. The number of methoxy groups -OCH3 is 1. The fraction of sp³-hybridized carbons (Fsp3) is 0.647. The highest BCUT2D eigenvalue weighted by Gasteiger charge is 2.14. The van der Waals surface area contributed by atoms with Gasteiger partial charge in [-0.05, 0) is 55.8 Å². The summed E-state index contributed by atoms with van der Waals surface area (Å²) in [6.07, 6.45) is 2.23. The summed E-state index contributed by atoms with van der Waals surface area (Å²) < 4.78 is 5.59. The molecule has 0 fully saturated rings. The molecule has 0 heterocycles. The van der Waals surface area contributed by atoms with Crippen molar-refractivity contribution >= 4 is 0 Å². The van der Waals surface area contributed by atoms with Gasteiger partial charge in [0.05, 0.1) is 7.11 Å². The first kappa shape index (κ1) is 16.0. The van der Waals surface area contributed by atoms with E-state index in [1.807, 2.05) is 0 Å². The van der Waals surface area contributed by atoms with Crippen LogP contribution in [0.2, 0.25) is 0 Å². The Hall–Kier alpha value is -1.02. The molecule has 2 nitrogen and oxygen atoms in total. The molecule has 1 aromatic rings. The first-order valence-electron chi connectivity index (χ1n) is 7.37. The van der Waals surface area contributed by atoms with Crippen LogP contribution in [0.15, 0.2) is 12.1 Å². The van der Waals surface area contributed by atoms with E-state index >= 15 is 0 Å². The van der Waals surface area contributed by atoms with Crippen LogP contribution in [0.1, 0.15) is 43.9 Å². The van der Waals surface area contributed by atoms with Gasteiger partial charge in [0.25, 0.3) is 0 Å². The summed E-state index contributed by atoms with van der Waals surface area (Å²) in [5.74, 6) is 1.73. The van der Waals surface area contributed by atoms with Crippen molar-refractivity contribution in [3.8, 4) is 5.75 Å². The number of benzene rings is 1. The molecule has 0 aliphatic carbocycles. The van der Waals surface area contributed by atoms with E-state index in [9.17, 15) is 0 Å². The number of hydrogen-bond acceptors (Lipinski definition) is 2. The maximum Gasteiger partial charge on any atom is 0.125 e. The topological polar surface area (TPSA) is 21.3 Å². The summed E-state index contributed by atoms with van der Waals surface area (Å²) in [6, 6.07) is 4.99. The molecule has 1 unspecified atom stereocenters. The van der Waals surface area contributed by atoms with Gasteiger partial charge in [0.1, 0.15) is 5.75 Å². The highest BCUT2D eigenvalue weighted by molar-refractivity contribution is 5.45. The van der Waals surface area contributed by atoms with Crippen LogP contribution >= 0.6 is 0 Å². The lowest BCUT2D eigenvalue weighted by molar-refractivity contribution is 0.376. The van der Waals surface area contributed by atoms with E-state index in [1.165, 1.54) is 16.7 Å². The van der Waals surface area contributed by atoms with Crippen LogP contribution in [0, 0.1) is 19.8 Å². The normalized spacial score (nSPS) is 12.8. The molecule has 0 saturated heterocycles. The molecule has 0 saturated carbocycles. The van der Waals surface area contributed by atoms with Gasteiger partial charge in [-0.2, -0.15) is 0 Å². The number of rotatable bonds is 7. The number of ether oxygens (including phenoxy) is 1. The summed E-state index contributed by atoms with van der Waals surface area (Å²) in [5.41, 5.74) is 3.89. The third-order valence-electron chi connectivity index (χ3n) is 3.96. The second-order valence-corrected chi connectivity index (χ2v) is 5.65. The maximum absolute atomic E-state index is 5.59. The number of nitrogens with one attached hydrogen (secondary N) is 1. The molecular weight excluding hydrogens is 234 g/mol. The van der Waals surface area contributed by atoms with Gasteiger partial charge >= 0.3 is 0 Å². The maximum atomic E-state index is 5.59. The van der Waals surface area contributed by atoms with Gasteiger partial charge in [-0.3, -0.25) is 0 Å². The number of aryl methyl sites for hydroxylation is 2. The first-order valence-corrected chi connectivity index (χ1v) is 7.37. The number of hydrogen-bond donors (Lipinski definition) is 1. The Morgan fingerprint density at radius 2 is 1.89 bits per heavy atom. The van der Waals surface area contributed by atoms with E-state index in [-0.39, 0.29) is 0 Å². The van der Waals surface area contributed by atoms with Crippen LogP contribution in [0.3, 0.4) is 0 Å². The summed E-state index contributed by atoms with van der Waals surface area (Å²) in [4.78, 5) is 0. The predicted molar refractivity (Wildman–Crippen MR) is 83.1 cm³/mol. The van der Waals surface area contributed by atoms with Gasteiger partial charge in [-0.1, -0.05) is 32.9 Å². The third-order valence-corrected chi connectivity index (χ3v) is 3.96. The Morgan fingerprint density at radius 1 is 1.21 bits per heavy atom. The van der Waals surface area contributed by atoms with Gasteiger partial charge < -0.3 is 10.1 Å². The molecule has 108 valence electrons. The van der Waals surface area contributed by atoms with E-state index in [1.54, 1.807) is 7.11 Å². The van der Waals surface area contributed by atoms with Crippen LogP contribution < -0.4 is 10.1 Å². The summed E-state index contributed by atoms with van der Waals surface area (Å²) in [7, 11) is 1.77. The van der Waals surface area contributed by atoms with Crippen LogP contribution in [-0.4, -0.2) is 19.7 Å². The molecule has 19 heavy (non-hydrogen) atoms. The molecular formula is C17H29NO. The molecule has 1 rings (SSSR count). The molecule has 1 aromatic carbocycles. The zero-order valence-corrected chi connectivity index (χ0v) is 13.3. The third kappa shape index (κ3) is 4.24. The lowest BCUT2D eigenvalue weighted by Crippen LogP contribution is -2.34. The molecule has 2 heteroatoms. The lowest BCUT2D eigenvalue weighted by Gasteiger charge is -2.22. The van der Waals surface area contributed by atoms with Crippen LogP contribution in [0.25, 0.3) is 0 Å². The minimum atomic E-state index is 0.580. The second kappa shape index (κ2) is 7.54. The largest absolute Gasteiger partial charge is 0.496 e. The molecule has 0 aromatic heterocycles. The van der Waals surface area contributed by atoms with Crippen molar-refractivity contribution in [2.24, 2.45) is 5.92 Å². The first-order chi connectivity index (χ1) is 9.01. The van der Waals surface area contributed by atoms with Crippen molar-refractivity contribution in [2.75, 3.05) is 13.7 Å². The van der Waals surface area contributed by atoms with E-state index in [0.717, 1.165) is 25.1 Å². The van der Waals surface area contributed by atoms with E-state index in [0.29, 0.717) is 12.0 Å². The minimum absolute atomic E-state index is 0.580. The summed E-state index contributed by atoms with van der Waals surface area (Å²) >= 11 is 0. The zero-order chi connectivity index (χ0) is 14.4. The fourth-order valence-corrected chi connectivity index (χ4v) is 2.57. The van der Waals surface area contributed by atoms with Crippen LogP contribution in [0.4, 0.5) is 0 Å². The van der Waals surface area contributed by atoms with Gasteiger partial charge in [0.2, 0.25) is 0 Å². The van der Waals surface area contributed by atoms with Crippen molar-refractivity contribution < 1.29 is 4.74 Å². The minimum Gasteiger partial charge on any atom is -0.496 e. The Morgan fingerprint density at radius 3 is 2.42 bits per heavy atom. The summed E-state index contributed by atoms with van der Waals surface area (Å²) in [5, 5.41) is 3.57. The van der Waals surface area contributed by atoms with Crippen molar-refractivity contribution in [2.45, 2.75) is 53.5 Å². The average molecular weight is 263 g/mol. The van der Waals surface area contributed by atoms with Crippen molar-refractivity contribution in [1.29, 1.82) is 0 Å². The SMILES string of the molecule is CCNC(CCc1ccc(C)c(C)c1OC)C(C)C. The highest BCUT2D eigenvalue weighted by atomic mass is 16.5. The molecule has 0 radical (unpaired) electrons. The fourth-order valence-electron chi connectivity index (χ4n) is 2.57. The van der Waals surface area contributed by atoms with Crippen molar-refractivity contribution in [3.63, 3.8) is 0 Å². The predicted octanol–water partition coefficient (Wildman–Crippen LogP) is 3.88. The van der Waals surface area contributed by atoms with Crippen LogP contribution in [-0.2, 0) is 6.42 Å². The van der Waals surface area contributed by atoms with E-state index in [4.69, 9.17) is 4.74 Å². The zero-order valence-electron chi connectivity index (χ0n) is 13.3. The molecule has 0 spiro atoms. The van der Waals surface area contributed by atoms with Gasteiger partial charge in [0, 0.05) is 6.04 Å². The summed E-state index contributed by atoms with van der Waals surface area (Å²) in [6.45, 7) is 12.0. The Balaban J connectivity index is 2.79. The molecule has 1 atom stereocenters. The van der Waals surface area contributed by atoms with Crippen molar-refractivity contribution in [3.05, 3.63) is 28.8 Å². The van der Waals surface area contributed by atoms with Gasteiger partial charge in [-0.25, -0.2) is 0 Å². The average Bonchev–Trinajstić information content (AvgIpc) is 2.38. The molecule has 0 aliphatic rings. The molecule has 0 aliphatic heterocycles. The van der Waals surface area contributed by atoms with Gasteiger partial charge in [0.15, 0.2) is 0 Å². The van der Waals surface area contributed by atoms with Gasteiger partial charge in [-0.15, -0.1) is 0 Å². The smallest absolute Gasteiger partial charge is 0.125 e. The molecule has 0 bridgehead atoms. The van der Waals surface area contributed by atoms with E-state index in [2.05, 4.69) is 52.1 Å². The monoisotopic (exact) mass is 263 g/mol. The standard InChI is InChI=1S/C17H29NO/c1-7-18-16(12(2)3)11-10-15-9-8-13(4)14(5)17(15)19-6/h8-9,12,16,18H,7,10-11H2,1-6H3. The Bertz CT molecular complexity index is 398. The van der Waals surface area contributed by atoms with Crippen molar-refractivity contribution in [1.82, 2.24) is 5.32 Å². The second-order valence-electron chi connectivity index (χ2n) is 5.65. The molecule has 1 N–H and O–H groups in total.